The number of hydrogen-bond acceptors (Lipinski definition) is 4. The number of carbonyl (C=O) groups is 2. The van der Waals surface area contributed by atoms with Crippen molar-refractivity contribution in [2.75, 3.05) is 10.3 Å². The highest BCUT2D eigenvalue weighted by Gasteiger charge is 2.67. The number of amides is 2. The van der Waals surface area contributed by atoms with Gasteiger partial charge < -0.3 is 5.32 Å². The lowest BCUT2D eigenvalue weighted by Crippen LogP contribution is -2.57. The minimum Gasteiger partial charge on any atom is -0.325 e. The molecule has 0 saturated heterocycles. The normalized spacial score (nSPS) is 29.3. The fourth-order valence-electron chi connectivity index (χ4n) is 5.43. The number of nitrogens with zero attached hydrogens (tertiary/aromatic N) is 3. The largest absolute Gasteiger partial charge is 0.325 e. The lowest BCUT2D eigenvalue weighted by Gasteiger charge is -2.40. The first-order valence-electron chi connectivity index (χ1n) is 9.77. The molecule has 2 aromatic rings. The predicted octanol–water partition coefficient (Wildman–Crippen LogP) is 3.25. The summed E-state index contributed by atoms with van der Waals surface area (Å²) in [5, 5.41) is 8.74. The molecule has 2 amide bonds. The molecule has 29 heavy (non-hydrogen) atoms. The van der Waals surface area contributed by atoms with Crippen molar-refractivity contribution in [3.8, 4) is 0 Å². The fraction of sp³-hybridized carbons (Fsp3) is 0.273. The molecule has 1 spiro atoms. The first-order chi connectivity index (χ1) is 14.1. The molecule has 0 bridgehead atoms. The van der Waals surface area contributed by atoms with Crippen LogP contribution in [-0.2, 0) is 15.0 Å². The Morgan fingerprint density at radius 2 is 1.97 bits per heavy atom. The summed E-state index contributed by atoms with van der Waals surface area (Å²) >= 11 is 0. The van der Waals surface area contributed by atoms with Crippen molar-refractivity contribution >= 4 is 34.7 Å². The van der Waals surface area contributed by atoms with Crippen molar-refractivity contribution in [1.29, 1.82) is 0 Å². The van der Waals surface area contributed by atoms with E-state index in [0.717, 1.165) is 25.0 Å². The first-order valence-corrected chi connectivity index (χ1v) is 9.77. The van der Waals surface area contributed by atoms with Gasteiger partial charge in [-0.15, -0.1) is 5.10 Å². The zero-order valence-electron chi connectivity index (χ0n) is 15.4. The number of carbonyl (C=O) groups excluding carboxylic acids is 2. The van der Waals surface area contributed by atoms with E-state index < -0.39 is 17.2 Å². The number of rotatable bonds is 1. The number of aliphatic imine (C=N–C) groups is 1. The van der Waals surface area contributed by atoms with Gasteiger partial charge in [0.1, 0.15) is 17.2 Å². The maximum Gasteiger partial charge on any atom is 0.259 e. The summed E-state index contributed by atoms with van der Waals surface area (Å²) in [6.07, 6.45) is 2.39. The monoisotopic (exact) mass is 388 g/mol. The molecule has 6 nitrogen and oxygen atoms in total. The molecule has 3 atom stereocenters. The van der Waals surface area contributed by atoms with Crippen LogP contribution >= 0.6 is 0 Å². The first kappa shape index (κ1) is 16.6. The highest BCUT2D eigenvalue weighted by molar-refractivity contribution is 6.27. The van der Waals surface area contributed by atoms with Gasteiger partial charge in [-0.25, -0.2) is 9.38 Å². The average molecular weight is 388 g/mol. The van der Waals surface area contributed by atoms with Crippen LogP contribution in [0.5, 0.6) is 0 Å². The predicted molar refractivity (Wildman–Crippen MR) is 106 cm³/mol. The highest BCUT2D eigenvalue weighted by Crippen LogP contribution is 2.56. The number of benzene rings is 2. The molecule has 3 heterocycles. The van der Waals surface area contributed by atoms with E-state index in [1.165, 1.54) is 17.1 Å². The van der Waals surface area contributed by atoms with E-state index in [0.29, 0.717) is 22.8 Å². The van der Waals surface area contributed by atoms with Crippen molar-refractivity contribution in [2.24, 2.45) is 21.9 Å². The number of fused-ring (bicyclic) bond motifs is 6. The van der Waals surface area contributed by atoms with Crippen LogP contribution in [0.3, 0.4) is 0 Å². The van der Waals surface area contributed by atoms with Gasteiger partial charge in [0.25, 0.3) is 5.91 Å². The summed E-state index contributed by atoms with van der Waals surface area (Å²) in [5.74, 6) is -1.73. The fourth-order valence-corrected chi connectivity index (χ4v) is 5.43. The molecule has 3 unspecified atom stereocenters. The lowest BCUT2D eigenvalue weighted by atomic mass is 9.60. The molecular formula is C22H17FN4O2. The third kappa shape index (κ3) is 1.99. The van der Waals surface area contributed by atoms with Crippen molar-refractivity contribution in [3.63, 3.8) is 0 Å². The summed E-state index contributed by atoms with van der Waals surface area (Å²) in [4.78, 5) is 31.8. The van der Waals surface area contributed by atoms with Crippen LogP contribution in [0.25, 0.3) is 0 Å². The van der Waals surface area contributed by atoms with Crippen molar-refractivity contribution in [3.05, 3.63) is 59.9 Å². The van der Waals surface area contributed by atoms with Gasteiger partial charge in [-0.1, -0.05) is 18.2 Å². The minimum absolute atomic E-state index is 0.228. The molecule has 1 N–H and O–H groups in total. The molecule has 2 aromatic carbocycles. The zero-order chi connectivity index (χ0) is 19.8. The van der Waals surface area contributed by atoms with Gasteiger partial charge in [-0.3, -0.25) is 9.59 Å². The standard InChI is InChI=1S/C22H17FN4O2/c23-12-9-10-17-15(11-12)22(21(29)25-17)14-7-4-8-16(14)24-19-18(22)20(28)27(26-19)13-5-2-1-3-6-13/h1-3,5-6,9-11,14,18H,4,7-8H2,(H,25,29). The summed E-state index contributed by atoms with van der Waals surface area (Å²) in [5.41, 5.74) is 1.41. The number of hydrazone groups is 1. The van der Waals surface area contributed by atoms with Crippen molar-refractivity contribution < 1.29 is 14.0 Å². The molecule has 7 heteroatoms. The Morgan fingerprint density at radius 1 is 1.14 bits per heavy atom. The SMILES string of the molecule is O=C1C2C(=NN1c1ccccc1)N=C1CCCC1C21C(=O)Nc2ccc(F)cc21. The van der Waals surface area contributed by atoms with Gasteiger partial charge >= 0.3 is 0 Å². The summed E-state index contributed by atoms with van der Waals surface area (Å²) in [6, 6.07) is 13.4. The van der Waals surface area contributed by atoms with E-state index >= 15 is 0 Å². The molecule has 3 aliphatic heterocycles. The van der Waals surface area contributed by atoms with E-state index in [4.69, 9.17) is 4.99 Å². The van der Waals surface area contributed by atoms with E-state index in [1.807, 2.05) is 18.2 Å². The Morgan fingerprint density at radius 3 is 2.79 bits per heavy atom. The molecule has 0 radical (unpaired) electrons. The maximum absolute atomic E-state index is 14.3. The second-order valence-corrected chi connectivity index (χ2v) is 7.94. The van der Waals surface area contributed by atoms with Crippen LogP contribution in [0.2, 0.25) is 0 Å². The lowest BCUT2D eigenvalue weighted by molar-refractivity contribution is -0.130. The number of para-hydroxylation sites is 1. The van der Waals surface area contributed by atoms with Gasteiger partial charge in [-0.05, 0) is 55.2 Å². The zero-order valence-corrected chi connectivity index (χ0v) is 15.4. The Hall–Kier alpha value is -3.35. The van der Waals surface area contributed by atoms with Gasteiger partial charge in [0, 0.05) is 17.3 Å². The third-order valence-electron chi connectivity index (χ3n) is 6.56. The van der Waals surface area contributed by atoms with Crippen LogP contribution < -0.4 is 10.3 Å². The van der Waals surface area contributed by atoms with Crippen LogP contribution in [0.4, 0.5) is 15.8 Å². The number of amidine groups is 1. The van der Waals surface area contributed by atoms with Crippen LogP contribution in [0.15, 0.2) is 58.6 Å². The highest BCUT2D eigenvalue weighted by atomic mass is 19.1. The second-order valence-electron chi connectivity index (χ2n) is 7.94. The number of halogens is 1. The van der Waals surface area contributed by atoms with E-state index in [1.54, 1.807) is 18.2 Å². The Labute approximate surface area is 166 Å². The number of hydrogen-bond donors (Lipinski definition) is 1. The van der Waals surface area contributed by atoms with Crippen LogP contribution in [0.1, 0.15) is 24.8 Å². The number of nitrogens with one attached hydrogen (secondary N) is 1. The van der Waals surface area contributed by atoms with Gasteiger partial charge in [0.15, 0.2) is 5.84 Å². The van der Waals surface area contributed by atoms with Crippen LogP contribution in [-0.4, -0.2) is 23.4 Å². The van der Waals surface area contributed by atoms with Crippen molar-refractivity contribution in [1.82, 2.24) is 0 Å². The summed E-state index contributed by atoms with van der Waals surface area (Å²) < 4.78 is 14.3. The summed E-state index contributed by atoms with van der Waals surface area (Å²) in [7, 11) is 0. The molecule has 1 aliphatic carbocycles. The Bertz CT molecular complexity index is 1140. The molecule has 144 valence electrons. The third-order valence-corrected chi connectivity index (χ3v) is 6.56. The van der Waals surface area contributed by atoms with E-state index in [9.17, 15) is 14.0 Å². The molecule has 0 aromatic heterocycles. The minimum atomic E-state index is -1.20. The van der Waals surface area contributed by atoms with Crippen LogP contribution in [0, 0.1) is 17.7 Å². The average Bonchev–Trinajstić information content (AvgIpc) is 3.39. The van der Waals surface area contributed by atoms with Gasteiger partial charge in [-0.2, -0.15) is 5.01 Å². The second kappa shape index (κ2) is 5.59. The van der Waals surface area contributed by atoms with Gasteiger partial charge in [0.05, 0.1) is 5.69 Å². The number of anilines is 2. The van der Waals surface area contributed by atoms with E-state index in [2.05, 4.69) is 10.4 Å². The van der Waals surface area contributed by atoms with Crippen molar-refractivity contribution in [2.45, 2.75) is 24.7 Å². The summed E-state index contributed by atoms with van der Waals surface area (Å²) in [6.45, 7) is 0. The topological polar surface area (TPSA) is 74.1 Å². The quantitative estimate of drug-likeness (QED) is 0.814. The van der Waals surface area contributed by atoms with E-state index in [-0.39, 0.29) is 17.7 Å². The molecule has 1 fully saturated rings. The van der Waals surface area contributed by atoms with Gasteiger partial charge in [0.2, 0.25) is 5.91 Å². The molecular weight excluding hydrogens is 371 g/mol. The smallest absolute Gasteiger partial charge is 0.259 e. The Balaban J connectivity index is 1.60. The Kier molecular flexibility index (Phi) is 3.20. The molecule has 6 rings (SSSR count). The molecule has 4 aliphatic rings. The maximum atomic E-state index is 14.3. The molecule has 1 saturated carbocycles.